The molecule has 0 bridgehead atoms. The number of aliphatic hydroxyl groups excluding tert-OH is 1. The molecule has 0 spiro atoms. The molecule has 1 atom stereocenters. The van der Waals surface area contributed by atoms with Crippen LogP contribution in [-0.2, 0) is 6.42 Å². The first-order valence-electron chi connectivity index (χ1n) is 8.21. The van der Waals surface area contributed by atoms with Gasteiger partial charge in [0.15, 0.2) is 0 Å². The second-order valence-corrected chi connectivity index (χ2v) is 6.30. The van der Waals surface area contributed by atoms with Gasteiger partial charge in [0.05, 0.1) is 6.10 Å². The van der Waals surface area contributed by atoms with Gasteiger partial charge in [-0.1, -0.05) is 19.9 Å². The van der Waals surface area contributed by atoms with Gasteiger partial charge in [0, 0.05) is 12.0 Å². The number of likely N-dealkylation sites (tertiary alicyclic amines) is 1. The first-order valence-corrected chi connectivity index (χ1v) is 8.21. The number of aliphatic hydroxyl groups is 1. The first kappa shape index (κ1) is 16.4. The lowest BCUT2D eigenvalue weighted by molar-refractivity contribution is -0.0270. The molecule has 1 aliphatic heterocycles. The van der Waals surface area contributed by atoms with E-state index in [0.29, 0.717) is 6.42 Å². The molecule has 0 aromatic heterocycles. The molecule has 1 heterocycles. The Morgan fingerprint density at radius 1 is 1.24 bits per heavy atom. The molecule has 1 aliphatic rings. The number of rotatable bonds is 6. The summed E-state index contributed by atoms with van der Waals surface area (Å²) in [4.78, 5) is 2.45. The molecule has 21 heavy (non-hydrogen) atoms. The number of benzene rings is 1. The van der Waals surface area contributed by atoms with Crippen molar-refractivity contribution in [3.63, 3.8) is 0 Å². The molecule has 0 aliphatic carbocycles. The Kier molecular flexibility index (Phi) is 5.39. The molecule has 118 valence electrons. The van der Waals surface area contributed by atoms with Gasteiger partial charge in [-0.2, -0.15) is 0 Å². The highest BCUT2D eigenvalue weighted by Crippen LogP contribution is 2.33. The minimum absolute atomic E-state index is 0.171. The molecule has 2 rings (SSSR count). The van der Waals surface area contributed by atoms with E-state index in [-0.39, 0.29) is 11.4 Å². The summed E-state index contributed by atoms with van der Waals surface area (Å²) in [5.74, 6) is -0.220. The van der Waals surface area contributed by atoms with E-state index in [1.807, 2.05) is 6.92 Å². The van der Waals surface area contributed by atoms with Crippen LogP contribution in [0.15, 0.2) is 18.2 Å². The van der Waals surface area contributed by atoms with Crippen LogP contribution in [-0.4, -0.2) is 34.7 Å². The summed E-state index contributed by atoms with van der Waals surface area (Å²) in [7, 11) is 0. The highest BCUT2D eigenvalue weighted by atomic mass is 19.1. The Balaban J connectivity index is 2.22. The second kappa shape index (κ2) is 6.89. The van der Waals surface area contributed by atoms with E-state index in [4.69, 9.17) is 0 Å². The molecule has 3 heteroatoms. The fraction of sp³-hybridized carbons (Fsp3) is 0.667. The van der Waals surface area contributed by atoms with Crippen molar-refractivity contribution in [3.05, 3.63) is 35.1 Å². The van der Waals surface area contributed by atoms with Gasteiger partial charge in [-0.3, -0.25) is 4.90 Å². The predicted octanol–water partition coefficient (Wildman–Crippen LogP) is 3.69. The second-order valence-electron chi connectivity index (χ2n) is 6.30. The molecule has 1 saturated heterocycles. The van der Waals surface area contributed by atoms with Gasteiger partial charge >= 0.3 is 0 Å². The van der Waals surface area contributed by atoms with E-state index < -0.39 is 6.10 Å². The number of nitrogens with zero attached hydrogens (tertiary/aromatic N) is 1. The standard InChI is InChI=1S/C18H28FNO/c1-4-18(5-2,20-10-6-7-11-20)17(21)13-15-12-16(19)9-8-14(15)3/h8-9,12,17,21H,4-7,10-11,13H2,1-3H3. The summed E-state index contributed by atoms with van der Waals surface area (Å²) in [5.41, 5.74) is 1.81. The molecule has 1 aromatic carbocycles. The quantitative estimate of drug-likeness (QED) is 0.864. The van der Waals surface area contributed by atoms with E-state index in [2.05, 4.69) is 18.7 Å². The minimum atomic E-state index is -0.453. The Morgan fingerprint density at radius 2 is 1.86 bits per heavy atom. The summed E-state index contributed by atoms with van der Waals surface area (Å²) < 4.78 is 13.5. The lowest BCUT2D eigenvalue weighted by Gasteiger charge is -2.44. The Hall–Kier alpha value is -0.930. The van der Waals surface area contributed by atoms with Crippen molar-refractivity contribution in [2.24, 2.45) is 0 Å². The van der Waals surface area contributed by atoms with Crippen LogP contribution in [0.1, 0.15) is 50.7 Å². The van der Waals surface area contributed by atoms with Crippen LogP contribution in [0, 0.1) is 12.7 Å². The third-order valence-corrected chi connectivity index (χ3v) is 5.31. The molecule has 1 unspecified atom stereocenters. The topological polar surface area (TPSA) is 23.5 Å². The van der Waals surface area contributed by atoms with Gasteiger partial charge in [0.25, 0.3) is 0 Å². The van der Waals surface area contributed by atoms with Crippen LogP contribution in [0.5, 0.6) is 0 Å². The van der Waals surface area contributed by atoms with Crippen LogP contribution >= 0.6 is 0 Å². The highest BCUT2D eigenvalue weighted by molar-refractivity contribution is 5.27. The van der Waals surface area contributed by atoms with Crippen LogP contribution in [0.3, 0.4) is 0 Å². The van der Waals surface area contributed by atoms with Gasteiger partial charge in [-0.25, -0.2) is 4.39 Å². The minimum Gasteiger partial charge on any atom is -0.391 e. The Morgan fingerprint density at radius 3 is 2.43 bits per heavy atom. The zero-order valence-corrected chi connectivity index (χ0v) is 13.5. The van der Waals surface area contributed by atoms with E-state index in [0.717, 1.165) is 37.1 Å². The largest absolute Gasteiger partial charge is 0.391 e. The maximum absolute atomic E-state index is 13.5. The summed E-state index contributed by atoms with van der Waals surface area (Å²) in [6, 6.07) is 4.85. The van der Waals surface area contributed by atoms with Crippen molar-refractivity contribution in [2.45, 2.75) is 64.5 Å². The number of aryl methyl sites for hydroxylation is 1. The smallest absolute Gasteiger partial charge is 0.123 e. The molecule has 0 saturated carbocycles. The average Bonchev–Trinajstić information content (AvgIpc) is 2.99. The average molecular weight is 293 g/mol. The lowest BCUT2D eigenvalue weighted by Crippen LogP contribution is -2.55. The number of halogens is 1. The Labute approximate surface area is 128 Å². The molecule has 0 amide bonds. The van der Waals surface area contributed by atoms with Crippen LogP contribution < -0.4 is 0 Å². The number of hydrogen-bond donors (Lipinski definition) is 1. The maximum Gasteiger partial charge on any atom is 0.123 e. The van der Waals surface area contributed by atoms with Crippen LogP contribution in [0.4, 0.5) is 4.39 Å². The number of hydrogen-bond acceptors (Lipinski definition) is 2. The van der Waals surface area contributed by atoms with Crippen molar-refractivity contribution >= 4 is 0 Å². The lowest BCUT2D eigenvalue weighted by atomic mass is 9.81. The van der Waals surface area contributed by atoms with Gasteiger partial charge in [0.1, 0.15) is 5.82 Å². The van der Waals surface area contributed by atoms with E-state index in [9.17, 15) is 9.50 Å². The first-order chi connectivity index (χ1) is 10.0. The molecular formula is C18H28FNO. The van der Waals surface area contributed by atoms with E-state index >= 15 is 0 Å². The van der Waals surface area contributed by atoms with E-state index in [1.54, 1.807) is 12.1 Å². The molecular weight excluding hydrogens is 265 g/mol. The predicted molar refractivity (Wildman–Crippen MR) is 85.0 cm³/mol. The third-order valence-electron chi connectivity index (χ3n) is 5.31. The summed E-state index contributed by atoms with van der Waals surface area (Å²) in [6.45, 7) is 8.44. The normalized spacial score (nSPS) is 18.1. The molecule has 2 nitrogen and oxygen atoms in total. The molecule has 1 fully saturated rings. The van der Waals surface area contributed by atoms with Crippen molar-refractivity contribution in [2.75, 3.05) is 13.1 Å². The van der Waals surface area contributed by atoms with Gasteiger partial charge in [-0.15, -0.1) is 0 Å². The van der Waals surface area contributed by atoms with Crippen molar-refractivity contribution < 1.29 is 9.50 Å². The van der Waals surface area contributed by atoms with Crippen molar-refractivity contribution in [3.8, 4) is 0 Å². The fourth-order valence-electron chi connectivity index (χ4n) is 3.80. The van der Waals surface area contributed by atoms with Gasteiger partial charge in [-0.05, 0) is 69.0 Å². The molecule has 0 radical (unpaired) electrons. The van der Waals surface area contributed by atoms with Crippen molar-refractivity contribution in [1.82, 2.24) is 4.90 Å². The monoisotopic (exact) mass is 293 g/mol. The Bertz CT molecular complexity index is 464. The maximum atomic E-state index is 13.5. The van der Waals surface area contributed by atoms with Gasteiger partial charge in [0.2, 0.25) is 0 Å². The third kappa shape index (κ3) is 3.29. The summed E-state index contributed by atoms with van der Waals surface area (Å²) in [6.07, 6.45) is 4.37. The zero-order valence-electron chi connectivity index (χ0n) is 13.5. The summed E-state index contributed by atoms with van der Waals surface area (Å²) >= 11 is 0. The SMILES string of the molecule is CCC(CC)(C(O)Cc1cc(F)ccc1C)N1CCCC1. The summed E-state index contributed by atoms with van der Waals surface area (Å²) in [5, 5.41) is 10.9. The molecule has 1 aromatic rings. The van der Waals surface area contributed by atoms with Crippen LogP contribution in [0.2, 0.25) is 0 Å². The van der Waals surface area contributed by atoms with E-state index in [1.165, 1.54) is 18.9 Å². The van der Waals surface area contributed by atoms with Crippen molar-refractivity contribution in [1.29, 1.82) is 0 Å². The fourth-order valence-corrected chi connectivity index (χ4v) is 3.80. The zero-order chi connectivity index (χ0) is 15.5. The highest BCUT2D eigenvalue weighted by Gasteiger charge is 2.41. The van der Waals surface area contributed by atoms with Crippen LogP contribution in [0.25, 0.3) is 0 Å². The van der Waals surface area contributed by atoms with Gasteiger partial charge < -0.3 is 5.11 Å². The molecule has 1 N–H and O–H groups in total.